The number of alkyl carbamates (subject to hydrolysis) is 1. The van der Waals surface area contributed by atoms with E-state index in [1.165, 1.54) is 0 Å². The first-order chi connectivity index (χ1) is 19.7. The van der Waals surface area contributed by atoms with Crippen LogP contribution >= 0.6 is 0 Å². The van der Waals surface area contributed by atoms with Crippen molar-refractivity contribution in [3.8, 4) is 0 Å². The summed E-state index contributed by atoms with van der Waals surface area (Å²) < 4.78 is 173. The third kappa shape index (κ3) is 7.85. The van der Waals surface area contributed by atoms with Crippen molar-refractivity contribution < 1.29 is 67.0 Å². The van der Waals surface area contributed by atoms with Gasteiger partial charge in [-0.3, -0.25) is 0 Å². The second-order valence-electron chi connectivity index (χ2n) is 10.2. The van der Waals surface area contributed by atoms with Crippen LogP contribution in [-0.4, -0.2) is 49.4 Å². The van der Waals surface area contributed by atoms with Gasteiger partial charge >= 0.3 is 30.8 Å². The minimum Gasteiger partial charge on any atom is -0.441 e. The molecule has 2 heterocycles. The van der Waals surface area contributed by atoms with Crippen LogP contribution < -0.4 is 5.32 Å². The molecule has 0 bridgehead atoms. The standard InChI is InChI=1S/C26H22F12N2O3/c27-23(28,29)16-7-14(8-17(11-16)24(30,31)32)20(15-9-18(25(33,34)35)12-19(10-15)26(36,37)38)42-6-5-40-3-1-22(2-4-40)13-39-21(41)43-22/h7-12,20H,1-6,13H2,(H,39,41). The van der Waals surface area contributed by atoms with Gasteiger partial charge in [-0.05, 0) is 47.5 Å². The Morgan fingerprint density at radius 1 is 0.721 bits per heavy atom. The summed E-state index contributed by atoms with van der Waals surface area (Å²) in [5.74, 6) is 0. The molecule has 2 aromatic rings. The van der Waals surface area contributed by atoms with Gasteiger partial charge in [0, 0.05) is 32.5 Å². The maximum atomic E-state index is 13.5. The van der Waals surface area contributed by atoms with Crippen LogP contribution in [0, 0.1) is 0 Å². The zero-order chi connectivity index (χ0) is 32.0. The second-order valence-corrected chi connectivity index (χ2v) is 10.2. The molecule has 0 radical (unpaired) electrons. The quantitative estimate of drug-likeness (QED) is 0.335. The number of hydrogen-bond acceptors (Lipinski definition) is 4. The Morgan fingerprint density at radius 2 is 1.12 bits per heavy atom. The molecular formula is C26H22F12N2O3. The molecule has 0 atom stereocenters. The van der Waals surface area contributed by atoms with Gasteiger partial charge in [-0.15, -0.1) is 0 Å². The fraction of sp³-hybridized carbons (Fsp3) is 0.500. The normalized spacial score (nSPS) is 18.3. The fourth-order valence-corrected chi connectivity index (χ4v) is 4.91. The van der Waals surface area contributed by atoms with Crippen LogP contribution in [0.2, 0.25) is 0 Å². The van der Waals surface area contributed by atoms with Crippen LogP contribution in [0.1, 0.15) is 52.3 Å². The number of carbonyl (C=O) groups excluding carboxylic acids is 1. The molecule has 238 valence electrons. The first kappa shape index (κ1) is 32.7. The van der Waals surface area contributed by atoms with Crippen molar-refractivity contribution in [3.63, 3.8) is 0 Å². The van der Waals surface area contributed by atoms with E-state index < -0.39 is 82.5 Å². The van der Waals surface area contributed by atoms with Gasteiger partial charge in [0.1, 0.15) is 11.7 Å². The van der Waals surface area contributed by atoms with Crippen molar-refractivity contribution in [3.05, 3.63) is 69.8 Å². The molecule has 2 aromatic carbocycles. The number of nitrogens with zero attached hydrogens (tertiary/aromatic N) is 1. The average molecular weight is 638 g/mol. The summed E-state index contributed by atoms with van der Waals surface area (Å²) in [6.45, 7) is 0.348. The van der Waals surface area contributed by atoms with Gasteiger partial charge in [-0.25, -0.2) is 4.79 Å². The van der Waals surface area contributed by atoms with E-state index in [4.69, 9.17) is 9.47 Å². The highest BCUT2D eigenvalue weighted by Gasteiger charge is 2.43. The molecule has 17 heteroatoms. The number of alkyl halides is 12. The number of benzene rings is 2. The number of amides is 1. The van der Waals surface area contributed by atoms with E-state index in [0.717, 1.165) is 0 Å². The van der Waals surface area contributed by atoms with Crippen molar-refractivity contribution in [2.75, 3.05) is 32.8 Å². The topological polar surface area (TPSA) is 50.8 Å². The van der Waals surface area contributed by atoms with E-state index in [-0.39, 0.29) is 49.5 Å². The summed E-state index contributed by atoms with van der Waals surface area (Å²) in [5.41, 5.74) is -9.95. The van der Waals surface area contributed by atoms with Crippen molar-refractivity contribution in [2.24, 2.45) is 0 Å². The molecule has 2 fully saturated rings. The molecule has 2 saturated heterocycles. The zero-order valence-electron chi connectivity index (χ0n) is 21.7. The predicted octanol–water partition coefficient (Wildman–Crippen LogP) is 7.44. The van der Waals surface area contributed by atoms with Crippen LogP contribution in [0.15, 0.2) is 36.4 Å². The number of ether oxygens (including phenoxy) is 2. The largest absolute Gasteiger partial charge is 0.441 e. The van der Waals surface area contributed by atoms with E-state index >= 15 is 0 Å². The Labute approximate surface area is 235 Å². The van der Waals surface area contributed by atoms with Gasteiger partial charge in [-0.2, -0.15) is 52.7 Å². The van der Waals surface area contributed by atoms with Gasteiger partial charge in [-0.1, -0.05) is 0 Å². The van der Waals surface area contributed by atoms with E-state index in [1.807, 2.05) is 0 Å². The van der Waals surface area contributed by atoms with E-state index in [9.17, 15) is 57.5 Å². The maximum absolute atomic E-state index is 13.5. The molecule has 2 aliphatic heterocycles. The average Bonchev–Trinajstić information content (AvgIpc) is 3.25. The predicted molar refractivity (Wildman–Crippen MR) is 124 cm³/mol. The minimum absolute atomic E-state index is 0.0376. The molecule has 0 aliphatic carbocycles. The molecule has 5 nitrogen and oxygen atoms in total. The summed E-state index contributed by atoms with van der Waals surface area (Å²) in [4.78, 5) is 13.1. The Balaban J connectivity index is 1.70. The Morgan fingerprint density at radius 3 is 1.44 bits per heavy atom. The molecule has 2 aliphatic rings. The molecular weight excluding hydrogens is 616 g/mol. The number of halogens is 12. The molecule has 43 heavy (non-hydrogen) atoms. The van der Waals surface area contributed by atoms with Crippen molar-refractivity contribution >= 4 is 6.09 Å². The van der Waals surface area contributed by atoms with Gasteiger partial charge in [0.2, 0.25) is 0 Å². The van der Waals surface area contributed by atoms with Crippen molar-refractivity contribution in [1.29, 1.82) is 0 Å². The third-order valence-corrected chi connectivity index (χ3v) is 7.15. The lowest BCUT2D eigenvalue weighted by molar-refractivity contribution is -0.144. The third-order valence-electron chi connectivity index (χ3n) is 7.15. The Bertz CT molecular complexity index is 1190. The highest BCUT2D eigenvalue weighted by Crippen LogP contribution is 2.42. The number of piperidine rings is 1. The maximum Gasteiger partial charge on any atom is 0.416 e. The van der Waals surface area contributed by atoms with Gasteiger partial charge in [0.15, 0.2) is 0 Å². The fourth-order valence-electron chi connectivity index (χ4n) is 4.91. The SMILES string of the molecule is O=C1NCC2(CCN(CCOC(c3cc(C(F)(F)F)cc(C(F)(F)F)c3)c3cc(C(F)(F)F)cc(C(F)(F)F)c3)CC2)O1. The van der Waals surface area contributed by atoms with Crippen LogP contribution in [0.3, 0.4) is 0 Å². The molecule has 4 rings (SSSR count). The zero-order valence-corrected chi connectivity index (χ0v) is 21.7. The van der Waals surface area contributed by atoms with Gasteiger partial charge in [0.25, 0.3) is 0 Å². The highest BCUT2D eigenvalue weighted by atomic mass is 19.4. The summed E-state index contributed by atoms with van der Waals surface area (Å²) >= 11 is 0. The van der Waals surface area contributed by atoms with Crippen molar-refractivity contribution in [1.82, 2.24) is 10.2 Å². The number of likely N-dealkylation sites (tertiary alicyclic amines) is 1. The summed E-state index contributed by atoms with van der Waals surface area (Å²) in [6.07, 6.45) is -23.4. The van der Waals surface area contributed by atoms with E-state index in [0.29, 0.717) is 25.9 Å². The molecule has 1 spiro atoms. The van der Waals surface area contributed by atoms with Gasteiger partial charge < -0.3 is 19.7 Å². The number of rotatable bonds is 6. The molecule has 1 N–H and O–H groups in total. The number of carbonyl (C=O) groups is 1. The van der Waals surface area contributed by atoms with Crippen LogP contribution in [0.4, 0.5) is 57.5 Å². The molecule has 0 aromatic heterocycles. The summed E-state index contributed by atoms with van der Waals surface area (Å²) in [5, 5.41) is 2.53. The summed E-state index contributed by atoms with van der Waals surface area (Å²) in [6, 6.07) is 0.336. The molecule has 0 saturated carbocycles. The molecule has 0 unspecified atom stereocenters. The lowest BCUT2D eigenvalue weighted by Gasteiger charge is -2.37. The lowest BCUT2D eigenvalue weighted by atomic mass is 9.92. The van der Waals surface area contributed by atoms with Crippen LogP contribution in [0.25, 0.3) is 0 Å². The highest BCUT2D eigenvalue weighted by molar-refractivity contribution is 5.70. The Kier molecular flexibility index (Phi) is 8.65. The number of nitrogens with one attached hydrogen (secondary N) is 1. The minimum atomic E-state index is -5.34. The van der Waals surface area contributed by atoms with Crippen LogP contribution in [0.5, 0.6) is 0 Å². The smallest absolute Gasteiger partial charge is 0.416 e. The monoisotopic (exact) mass is 638 g/mol. The van der Waals surface area contributed by atoms with Crippen molar-refractivity contribution in [2.45, 2.75) is 49.3 Å². The van der Waals surface area contributed by atoms with Crippen LogP contribution in [-0.2, 0) is 34.2 Å². The second kappa shape index (κ2) is 11.4. The van der Waals surface area contributed by atoms with E-state index in [1.54, 1.807) is 4.90 Å². The first-order valence-electron chi connectivity index (χ1n) is 12.6. The van der Waals surface area contributed by atoms with Gasteiger partial charge in [0.05, 0.1) is 35.4 Å². The first-order valence-corrected chi connectivity index (χ1v) is 12.6. The Hall–Kier alpha value is -3.21. The summed E-state index contributed by atoms with van der Waals surface area (Å²) in [7, 11) is 0. The van der Waals surface area contributed by atoms with E-state index in [2.05, 4.69) is 5.32 Å². The molecule has 1 amide bonds. The number of hydrogen-bond donors (Lipinski definition) is 1. The lowest BCUT2D eigenvalue weighted by Crippen LogP contribution is -2.47.